The van der Waals surface area contributed by atoms with Crippen LogP contribution in [0.1, 0.15) is 40.5 Å². The van der Waals surface area contributed by atoms with Gasteiger partial charge in [0.05, 0.1) is 89.0 Å². The molecule has 25 heteroatoms. The van der Waals surface area contributed by atoms with E-state index in [2.05, 4.69) is 10.6 Å². The lowest BCUT2D eigenvalue weighted by molar-refractivity contribution is -0.253. The van der Waals surface area contributed by atoms with E-state index in [0.717, 1.165) is 0 Å². The predicted molar refractivity (Wildman–Crippen MR) is 234 cm³/mol. The van der Waals surface area contributed by atoms with Crippen LogP contribution in [0.2, 0.25) is 0 Å². The number of hydrogen-bond acceptors (Lipinski definition) is 23. The van der Waals surface area contributed by atoms with E-state index in [4.69, 9.17) is 54.1 Å². The second-order valence-corrected chi connectivity index (χ2v) is 18.9. The van der Waals surface area contributed by atoms with Crippen LogP contribution in [0.15, 0.2) is 0 Å². The first-order valence-corrected chi connectivity index (χ1v) is 23.6. The molecule has 0 bridgehead atoms. The summed E-state index contributed by atoms with van der Waals surface area (Å²) < 4.78 is 51.6. The standard InChI is InChI=1S/C43H80N4O21/c1-20(2)9-22-33(49)27(67-31(34(22)50)18-63-42(58)46-7-5-44)14-61-13-24-36(52)26(11-48)66-29(38(24)54)15-60-12-23-35(51)25(10-21(3)4)65-28(37(23)53)16-62-17-30-39(55)41(57)40(56)32(68-30)19-64-43(59)47-8-6-45/h20-41,48-57H,5-19,44-45H2,1-4H3,(H,46,58)(H,47,59). The monoisotopic (exact) mass is 989 g/mol. The Morgan fingerprint density at radius 3 is 1.18 bits per heavy atom. The first kappa shape index (κ1) is 58.4. The lowest BCUT2D eigenvalue weighted by atomic mass is 9.81. The summed E-state index contributed by atoms with van der Waals surface area (Å²) in [4.78, 5) is 24.0. The number of amides is 2. The van der Waals surface area contributed by atoms with Gasteiger partial charge in [-0.15, -0.1) is 0 Å². The van der Waals surface area contributed by atoms with Crippen LogP contribution < -0.4 is 22.1 Å². The van der Waals surface area contributed by atoms with E-state index in [0.29, 0.717) is 12.8 Å². The van der Waals surface area contributed by atoms with E-state index >= 15 is 0 Å². The number of aliphatic hydroxyl groups is 10. The van der Waals surface area contributed by atoms with Gasteiger partial charge in [-0.25, -0.2) is 9.59 Å². The number of carbonyl (C=O) groups excluding carboxylic acids is 2. The highest BCUT2D eigenvalue weighted by molar-refractivity contribution is 5.67. The molecule has 4 saturated heterocycles. The summed E-state index contributed by atoms with van der Waals surface area (Å²) in [5.74, 6) is -2.50. The van der Waals surface area contributed by atoms with Gasteiger partial charge in [0.15, 0.2) is 0 Å². The van der Waals surface area contributed by atoms with Crippen LogP contribution in [-0.2, 0) is 42.6 Å². The molecule has 4 rings (SSSR count). The van der Waals surface area contributed by atoms with Crippen molar-refractivity contribution in [2.24, 2.45) is 41.1 Å². The van der Waals surface area contributed by atoms with Crippen LogP contribution in [-0.4, -0.2) is 253 Å². The molecule has 398 valence electrons. The van der Waals surface area contributed by atoms with Crippen molar-refractivity contribution >= 4 is 12.2 Å². The van der Waals surface area contributed by atoms with Crippen molar-refractivity contribution in [2.45, 2.75) is 144 Å². The van der Waals surface area contributed by atoms with Crippen molar-refractivity contribution in [2.75, 3.05) is 85.6 Å². The first-order chi connectivity index (χ1) is 32.3. The maximum Gasteiger partial charge on any atom is 0.407 e. The Kier molecular flexibility index (Phi) is 24.6. The Bertz CT molecular complexity index is 1460. The van der Waals surface area contributed by atoms with E-state index in [9.17, 15) is 60.7 Å². The minimum atomic E-state index is -1.67. The SMILES string of the molecule is CC(C)CC1OC(COCC2OC(COC(=O)NCCN)C(O)C(O)C2O)C(O)C(COCC2OC(CO)C(O)C(COCC3OC(COC(=O)NCCN)C(O)C(CC(C)C)C3O)C2O)C1O. The van der Waals surface area contributed by atoms with Crippen LogP contribution in [0.3, 0.4) is 0 Å². The average Bonchev–Trinajstić information content (AvgIpc) is 3.30. The van der Waals surface area contributed by atoms with Crippen LogP contribution in [0.5, 0.6) is 0 Å². The number of ether oxygens (including phenoxy) is 9. The molecule has 0 aromatic carbocycles. The number of rotatable bonds is 25. The fourth-order valence-corrected chi connectivity index (χ4v) is 9.01. The second kappa shape index (κ2) is 28.7. The van der Waals surface area contributed by atoms with Gasteiger partial charge in [-0.3, -0.25) is 0 Å². The van der Waals surface area contributed by atoms with Crippen molar-refractivity contribution in [3.8, 4) is 0 Å². The van der Waals surface area contributed by atoms with Crippen molar-refractivity contribution in [1.29, 1.82) is 0 Å². The summed E-state index contributed by atoms with van der Waals surface area (Å²) in [7, 11) is 0. The average molecular weight is 989 g/mol. The summed E-state index contributed by atoms with van der Waals surface area (Å²) in [5.41, 5.74) is 10.8. The van der Waals surface area contributed by atoms with E-state index < -0.39 is 147 Å². The molecule has 4 heterocycles. The minimum absolute atomic E-state index is 0.0614. The third-order valence-corrected chi connectivity index (χ3v) is 12.7. The summed E-state index contributed by atoms with van der Waals surface area (Å²) >= 11 is 0. The number of alkyl carbamates (subject to hydrolysis) is 2. The van der Waals surface area contributed by atoms with E-state index in [1.807, 2.05) is 27.7 Å². The zero-order valence-electron chi connectivity index (χ0n) is 39.4. The molecule has 2 amide bonds. The molecule has 25 nitrogen and oxygen atoms in total. The molecule has 0 aromatic rings. The quantitative estimate of drug-likeness (QED) is 0.0406. The smallest absolute Gasteiger partial charge is 0.407 e. The highest BCUT2D eigenvalue weighted by atomic mass is 16.6. The number of hydrogen-bond donors (Lipinski definition) is 14. The third kappa shape index (κ3) is 16.4. The molecule has 20 unspecified atom stereocenters. The highest BCUT2D eigenvalue weighted by Crippen LogP contribution is 2.34. The fraction of sp³-hybridized carbons (Fsp3) is 0.953. The van der Waals surface area contributed by atoms with E-state index in [1.54, 1.807) is 0 Å². The summed E-state index contributed by atoms with van der Waals surface area (Å²) in [5, 5.41) is 114. The van der Waals surface area contributed by atoms with Gasteiger partial charge in [0.1, 0.15) is 74.3 Å². The number of aliphatic hydroxyl groups excluding tert-OH is 10. The molecule has 20 atom stereocenters. The van der Waals surface area contributed by atoms with Crippen LogP contribution in [0.4, 0.5) is 9.59 Å². The molecule has 4 aliphatic rings. The normalized spacial score (nSPS) is 38.9. The Morgan fingerprint density at radius 2 is 0.765 bits per heavy atom. The van der Waals surface area contributed by atoms with Gasteiger partial charge in [-0.1, -0.05) is 27.7 Å². The lowest BCUT2D eigenvalue weighted by Gasteiger charge is -2.45. The number of nitrogens with two attached hydrogens (primary N) is 2. The maximum absolute atomic E-state index is 12.1. The molecule has 0 saturated carbocycles. The molecule has 0 aliphatic carbocycles. The molecule has 68 heavy (non-hydrogen) atoms. The van der Waals surface area contributed by atoms with Crippen molar-refractivity contribution in [3.63, 3.8) is 0 Å². The Hall–Kier alpha value is -2.22. The van der Waals surface area contributed by atoms with Crippen molar-refractivity contribution in [3.05, 3.63) is 0 Å². The van der Waals surface area contributed by atoms with Gasteiger partial charge < -0.3 is 116 Å². The topological polar surface area (TPSA) is 396 Å². The van der Waals surface area contributed by atoms with Gasteiger partial charge in [0.2, 0.25) is 0 Å². The van der Waals surface area contributed by atoms with E-state index in [1.165, 1.54) is 0 Å². The maximum atomic E-state index is 12.1. The van der Waals surface area contributed by atoms with Crippen LogP contribution in [0.25, 0.3) is 0 Å². The van der Waals surface area contributed by atoms with Gasteiger partial charge in [0, 0.05) is 43.9 Å². The Balaban J connectivity index is 1.35. The number of carbonyl (C=O) groups is 2. The van der Waals surface area contributed by atoms with E-state index in [-0.39, 0.29) is 84.3 Å². The zero-order valence-corrected chi connectivity index (χ0v) is 39.4. The predicted octanol–water partition coefficient (Wildman–Crippen LogP) is -5.34. The molecule has 4 fully saturated rings. The molecular weight excluding hydrogens is 908 g/mol. The van der Waals surface area contributed by atoms with Gasteiger partial charge in [-0.2, -0.15) is 0 Å². The largest absolute Gasteiger partial charge is 0.447 e. The summed E-state index contributed by atoms with van der Waals surface area (Å²) in [6.45, 7) is 5.29. The molecule has 16 N–H and O–H groups in total. The van der Waals surface area contributed by atoms with Gasteiger partial charge in [-0.05, 0) is 24.7 Å². The molecule has 0 spiro atoms. The molecular formula is C43H80N4O21. The van der Waals surface area contributed by atoms with Crippen LogP contribution >= 0.6 is 0 Å². The van der Waals surface area contributed by atoms with Gasteiger partial charge >= 0.3 is 12.2 Å². The highest BCUT2D eigenvalue weighted by Gasteiger charge is 2.49. The third-order valence-electron chi connectivity index (χ3n) is 12.7. The minimum Gasteiger partial charge on any atom is -0.447 e. The Labute approximate surface area is 396 Å². The molecule has 0 aromatic heterocycles. The second-order valence-electron chi connectivity index (χ2n) is 18.9. The van der Waals surface area contributed by atoms with Crippen LogP contribution in [0, 0.1) is 29.6 Å². The van der Waals surface area contributed by atoms with Crippen molar-refractivity contribution < 1.29 is 103 Å². The molecule has 0 radical (unpaired) electrons. The lowest BCUT2D eigenvalue weighted by Crippen LogP contribution is -2.60. The molecule has 4 aliphatic heterocycles. The van der Waals surface area contributed by atoms with Crippen molar-refractivity contribution in [1.82, 2.24) is 10.6 Å². The Morgan fingerprint density at radius 1 is 0.441 bits per heavy atom. The number of nitrogens with one attached hydrogen (secondary N) is 2. The summed E-state index contributed by atoms with van der Waals surface area (Å²) in [6, 6.07) is 0. The fourth-order valence-electron chi connectivity index (χ4n) is 9.01. The van der Waals surface area contributed by atoms with Gasteiger partial charge in [0.25, 0.3) is 0 Å². The zero-order chi connectivity index (χ0) is 50.2. The first-order valence-electron chi connectivity index (χ1n) is 23.6. The summed E-state index contributed by atoms with van der Waals surface area (Å²) in [6.07, 6.45) is -21.8.